The second kappa shape index (κ2) is 8.32. The Morgan fingerprint density at radius 2 is 1.66 bits per heavy atom. The van der Waals surface area contributed by atoms with Crippen LogP contribution in [-0.2, 0) is 6.18 Å². The van der Waals surface area contributed by atoms with Crippen LogP contribution in [0.15, 0.2) is 30.3 Å². The fourth-order valence-corrected chi connectivity index (χ4v) is 4.87. The normalized spacial score (nSPS) is 14.8. The van der Waals surface area contributed by atoms with Gasteiger partial charge >= 0.3 is 6.18 Å². The molecule has 168 valence electrons. The maximum Gasteiger partial charge on any atom is 0.433 e. The number of rotatable bonds is 2. The van der Waals surface area contributed by atoms with Gasteiger partial charge in [-0.1, -0.05) is 11.6 Å². The molecule has 1 aliphatic rings. The summed E-state index contributed by atoms with van der Waals surface area (Å²) >= 11 is 6.78. The largest absolute Gasteiger partial charge is 0.433 e. The predicted molar refractivity (Wildman–Crippen MR) is 113 cm³/mol. The van der Waals surface area contributed by atoms with Crippen molar-refractivity contribution in [2.24, 2.45) is 0 Å². The van der Waals surface area contributed by atoms with Gasteiger partial charge in [-0.15, -0.1) is 11.3 Å². The second-order valence-electron chi connectivity index (χ2n) is 7.31. The van der Waals surface area contributed by atoms with Crippen molar-refractivity contribution in [3.05, 3.63) is 62.9 Å². The Morgan fingerprint density at radius 3 is 2.28 bits per heavy atom. The van der Waals surface area contributed by atoms with Crippen LogP contribution in [0.5, 0.6) is 0 Å². The molecule has 3 aromatic rings. The Kier molecular flexibility index (Phi) is 5.85. The van der Waals surface area contributed by atoms with Crippen LogP contribution in [0.4, 0.5) is 17.6 Å². The summed E-state index contributed by atoms with van der Waals surface area (Å²) in [5.41, 5.74) is -0.578. The number of halogens is 5. The molecule has 4 rings (SSSR count). The van der Waals surface area contributed by atoms with Crippen molar-refractivity contribution < 1.29 is 27.2 Å². The van der Waals surface area contributed by atoms with Gasteiger partial charge in [-0.3, -0.25) is 9.59 Å². The quantitative estimate of drug-likeness (QED) is 0.479. The predicted octanol–water partition coefficient (Wildman–Crippen LogP) is 5.01. The lowest BCUT2D eigenvalue weighted by atomic mass is 10.1. The molecule has 1 fully saturated rings. The molecule has 11 heteroatoms. The zero-order valence-electron chi connectivity index (χ0n) is 16.7. The van der Waals surface area contributed by atoms with Crippen molar-refractivity contribution in [3.8, 4) is 0 Å². The SMILES string of the molecule is Cc1c(C(=O)N2CCN(C(=O)c3cc(Cl)ccc3F)CC2)sc2nc(C(F)(F)F)ccc12. The Hall–Kier alpha value is -2.72. The van der Waals surface area contributed by atoms with Gasteiger partial charge in [-0.2, -0.15) is 13.2 Å². The molecule has 2 amide bonds. The minimum absolute atomic E-state index is 0.135. The van der Waals surface area contributed by atoms with Gasteiger partial charge in [0, 0.05) is 36.6 Å². The van der Waals surface area contributed by atoms with E-state index < -0.39 is 23.6 Å². The third kappa shape index (κ3) is 4.16. The Balaban J connectivity index is 1.50. The Morgan fingerprint density at radius 1 is 1.03 bits per heavy atom. The molecule has 0 unspecified atom stereocenters. The third-order valence-corrected chi connectivity index (χ3v) is 6.73. The van der Waals surface area contributed by atoms with Crippen LogP contribution in [0.25, 0.3) is 10.2 Å². The molecule has 0 radical (unpaired) electrons. The molecule has 0 spiro atoms. The first-order chi connectivity index (χ1) is 15.1. The maximum absolute atomic E-state index is 14.0. The first-order valence-electron chi connectivity index (χ1n) is 9.57. The van der Waals surface area contributed by atoms with Crippen molar-refractivity contribution in [2.75, 3.05) is 26.2 Å². The van der Waals surface area contributed by atoms with Crippen LogP contribution in [0.3, 0.4) is 0 Å². The van der Waals surface area contributed by atoms with Crippen molar-refractivity contribution in [1.29, 1.82) is 0 Å². The van der Waals surface area contributed by atoms with Gasteiger partial charge in [0.05, 0.1) is 10.4 Å². The number of hydrogen-bond acceptors (Lipinski definition) is 4. The van der Waals surface area contributed by atoms with E-state index in [1.165, 1.54) is 28.0 Å². The van der Waals surface area contributed by atoms with Crippen LogP contribution < -0.4 is 0 Å². The molecule has 5 nitrogen and oxygen atoms in total. The summed E-state index contributed by atoms with van der Waals surface area (Å²) in [5.74, 6) is -1.52. The number of piperazine rings is 1. The molecule has 32 heavy (non-hydrogen) atoms. The first kappa shape index (κ1) is 22.5. The molecule has 0 aliphatic carbocycles. The van der Waals surface area contributed by atoms with Crippen LogP contribution >= 0.6 is 22.9 Å². The number of benzene rings is 1. The second-order valence-corrected chi connectivity index (χ2v) is 8.75. The molecule has 0 saturated carbocycles. The summed E-state index contributed by atoms with van der Waals surface area (Å²) in [6.07, 6.45) is -4.57. The van der Waals surface area contributed by atoms with Gasteiger partial charge in [0.15, 0.2) is 0 Å². The number of nitrogens with zero attached hydrogens (tertiary/aromatic N) is 3. The average Bonchev–Trinajstić information content (AvgIpc) is 3.10. The number of pyridine rings is 1. The minimum atomic E-state index is -4.57. The standard InChI is InChI=1S/C21H16ClF4N3O2S/c1-11-13-3-5-16(21(24,25)26)27-18(13)32-17(11)20(31)29-8-6-28(7-9-29)19(30)14-10-12(22)2-4-15(14)23/h2-5,10H,6-9H2,1H3. The molecule has 3 heterocycles. The fraction of sp³-hybridized carbons (Fsp3) is 0.286. The van der Waals surface area contributed by atoms with Crippen LogP contribution in [0.2, 0.25) is 5.02 Å². The molecule has 1 saturated heterocycles. The maximum atomic E-state index is 14.0. The smallest absolute Gasteiger partial charge is 0.335 e. The molecule has 0 N–H and O–H groups in total. The van der Waals surface area contributed by atoms with E-state index in [1.54, 1.807) is 6.92 Å². The van der Waals surface area contributed by atoms with Gasteiger partial charge < -0.3 is 9.80 Å². The van der Waals surface area contributed by atoms with Crippen LogP contribution in [0.1, 0.15) is 31.3 Å². The highest BCUT2D eigenvalue weighted by molar-refractivity contribution is 7.20. The zero-order valence-corrected chi connectivity index (χ0v) is 18.2. The monoisotopic (exact) mass is 485 g/mol. The van der Waals surface area contributed by atoms with Crippen molar-refractivity contribution >= 4 is 45.0 Å². The number of alkyl halides is 3. The fourth-order valence-electron chi connectivity index (χ4n) is 3.55. The van der Waals surface area contributed by atoms with Crippen molar-refractivity contribution in [1.82, 2.24) is 14.8 Å². The summed E-state index contributed by atoms with van der Waals surface area (Å²) in [6, 6.07) is 5.96. The van der Waals surface area contributed by atoms with Gasteiger partial charge in [-0.05, 0) is 42.8 Å². The summed E-state index contributed by atoms with van der Waals surface area (Å²) in [4.78, 5) is 32.7. The minimum Gasteiger partial charge on any atom is -0.335 e. The number of thiophene rings is 1. The van der Waals surface area contributed by atoms with Crippen LogP contribution in [0, 0.1) is 12.7 Å². The topological polar surface area (TPSA) is 53.5 Å². The van der Waals surface area contributed by atoms with E-state index in [-0.39, 0.29) is 47.5 Å². The summed E-state index contributed by atoms with van der Waals surface area (Å²) in [7, 11) is 0. The van der Waals surface area contributed by atoms with E-state index in [4.69, 9.17) is 11.6 Å². The third-order valence-electron chi connectivity index (χ3n) is 5.30. The van der Waals surface area contributed by atoms with Gasteiger partial charge in [-0.25, -0.2) is 9.37 Å². The highest BCUT2D eigenvalue weighted by Crippen LogP contribution is 2.35. The Bertz CT molecular complexity index is 1220. The van der Waals surface area contributed by atoms with E-state index in [0.717, 1.165) is 23.5 Å². The van der Waals surface area contributed by atoms with Crippen LogP contribution in [-0.4, -0.2) is 52.8 Å². The highest BCUT2D eigenvalue weighted by atomic mass is 35.5. The summed E-state index contributed by atoms with van der Waals surface area (Å²) in [6.45, 7) is 2.47. The number of carbonyl (C=O) groups excluding carboxylic acids is 2. The Labute approximate surface area is 189 Å². The molecule has 2 aromatic heterocycles. The number of hydrogen-bond donors (Lipinski definition) is 0. The number of fused-ring (bicyclic) bond motifs is 1. The van der Waals surface area contributed by atoms with E-state index >= 15 is 0 Å². The molecular weight excluding hydrogens is 470 g/mol. The summed E-state index contributed by atoms with van der Waals surface area (Å²) < 4.78 is 52.8. The molecule has 1 aliphatic heterocycles. The first-order valence-corrected chi connectivity index (χ1v) is 10.8. The summed E-state index contributed by atoms with van der Waals surface area (Å²) in [5, 5.41) is 0.739. The van der Waals surface area contributed by atoms with E-state index in [1.807, 2.05) is 0 Å². The highest BCUT2D eigenvalue weighted by Gasteiger charge is 2.34. The molecule has 0 bridgehead atoms. The lowest BCUT2D eigenvalue weighted by molar-refractivity contribution is -0.140. The molecular formula is C21H16ClF4N3O2S. The molecule has 0 atom stereocenters. The van der Waals surface area contributed by atoms with Crippen molar-refractivity contribution in [2.45, 2.75) is 13.1 Å². The number of carbonyl (C=O) groups is 2. The van der Waals surface area contributed by atoms with Gasteiger partial charge in [0.1, 0.15) is 16.3 Å². The van der Waals surface area contributed by atoms with Crippen molar-refractivity contribution in [3.63, 3.8) is 0 Å². The zero-order chi connectivity index (χ0) is 23.2. The van der Waals surface area contributed by atoms with Gasteiger partial charge in [0.2, 0.25) is 0 Å². The lowest BCUT2D eigenvalue weighted by Gasteiger charge is -2.34. The molecule has 1 aromatic carbocycles. The van der Waals surface area contributed by atoms with E-state index in [9.17, 15) is 27.2 Å². The van der Waals surface area contributed by atoms with E-state index in [0.29, 0.717) is 15.8 Å². The number of aromatic nitrogens is 1. The number of aryl methyl sites for hydroxylation is 1. The number of amides is 2. The lowest BCUT2D eigenvalue weighted by Crippen LogP contribution is -2.50. The van der Waals surface area contributed by atoms with Gasteiger partial charge in [0.25, 0.3) is 11.8 Å². The van der Waals surface area contributed by atoms with E-state index in [2.05, 4.69) is 4.98 Å². The average molecular weight is 486 g/mol.